The van der Waals surface area contributed by atoms with Crippen LogP contribution in [0.4, 0.5) is 5.69 Å². The first-order valence-corrected chi connectivity index (χ1v) is 15.1. The number of benzene rings is 2. The molecule has 2 unspecified atom stereocenters. The molecule has 2 aliphatic rings. The number of nitrogens with zero attached hydrogens (tertiary/aromatic N) is 3. The van der Waals surface area contributed by atoms with Crippen molar-refractivity contribution >= 4 is 62.3 Å². The standard InChI is InChI=1S/C26H31Cl3N4O4S/c1-17-10-18(2)15-33(14-17)25(34)16-31-6-8-32(9-7-31)26(35)21-12-24(23(29)13-22(21)28)38(36,37)30-20-5-3-4-19(27)11-20/h3-5,11-13,17-18,30H,6-10,14-16H2,1-2H3. The van der Waals surface area contributed by atoms with Crippen LogP contribution in [0.2, 0.25) is 15.1 Å². The van der Waals surface area contributed by atoms with E-state index in [0.717, 1.165) is 19.5 Å². The van der Waals surface area contributed by atoms with Gasteiger partial charge in [-0.05, 0) is 48.6 Å². The number of piperazine rings is 1. The smallest absolute Gasteiger partial charge is 0.263 e. The summed E-state index contributed by atoms with van der Waals surface area (Å²) in [5, 5.41) is 0.322. The zero-order valence-electron chi connectivity index (χ0n) is 21.3. The fourth-order valence-electron chi connectivity index (χ4n) is 5.10. The molecule has 0 radical (unpaired) electrons. The minimum absolute atomic E-state index is 0.0448. The number of rotatable bonds is 6. The van der Waals surface area contributed by atoms with Crippen LogP contribution in [-0.2, 0) is 14.8 Å². The number of hydrogen-bond acceptors (Lipinski definition) is 5. The molecule has 0 spiro atoms. The normalized spacial score (nSPS) is 20.9. The van der Waals surface area contributed by atoms with Gasteiger partial charge in [-0.15, -0.1) is 0 Å². The van der Waals surface area contributed by atoms with E-state index in [1.54, 1.807) is 23.1 Å². The maximum atomic E-state index is 13.3. The summed E-state index contributed by atoms with van der Waals surface area (Å²) >= 11 is 18.5. The Morgan fingerprint density at radius 2 is 1.58 bits per heavy atom. The van der Waals surface area contributed by atoms with Gasteiger partial charge in [-0.2, -0.15) is 0 Å². The lowest BCUT2D eigenvalue weighted by molar-refractivity contribution is -0.135. The van der Waals surface area contributed by atoms with Crippen LogP contribution in [0.15, 0.2) is 41.3 Å². The third kappa shape index (κ3) is 6.93. The molecule has 8 nitrogen and oxygen atoms in total. The second-order valence-corrected chi connectivity index (χ2v) is 13.1. The van der Waals surface area contributed by atoms with Crippen molar-refractivity contribution in [3.8, 4) is 0 Å². The highest BCUT2D eigenvalue weighted by Crippen LogP contribution is 2.31. The van der Waals surface area contributed by atoms with Crippen LogP contribution in [0.5, 0.6) is 0 Å². The zero-order valence-corrected chi connectivity index (χ0v) is 24.4. The highest BCUT2D eigenvalue weighted by molar-refractivity contribution is 7.92. The van der Waals surface area contributed by atoms with Crippen LogP contribution in [0.3, 0.4) is 0 Å². The number of sulfonamides is 1. The number of carbonyl (C=O) groups is 2. The highest BCUT2D eigenvalue weighted by atomic mass is 35.5. The van der Waals surface area contributed by atoms with Crippen LogP contribution in [-0.4, -0.2) is 80.7 Å². The summed E-state index contributed by atoms with van der Waals surface area (Å²) in [6.07, 6.45) is 1.14. The molecule has 2 amide bonds. The number of nitrogens with one attached hydrogen (secondary N) is 1. The van der Waals surface area contributed by atoms with Gasteiger partial charge in [0.1, 0.15) is 4.90 Å². The van der Waals surface area contributed by atoms with Gasteiger partial charge >= 0.3 is 0 Å². The van der Waals surface area contributed by atoms with E-state index in [2.05, 4.69) is 18.6 Å². The molecule has 12 heteroatoms. The monoisotopic (exact) mass is 600 g/mol. The Morgan fingerprint density at radius 1 is 0.921 bits per heavy atom. The van der Waals surface area contributed by atoms with E-state index in [-0.39, 0.29) is 32.1 Å². The number of anilines is 1. The molecule has 1 N–H and O–H groups in total. The van der Waals surface area contributed by atoms with Crippen molar-refractivity contribution in [2.24, 2.45) is 11.8 Å². The molecule has 0 aromatic heterocycles. The number of likely N-dealkylation sites (tertiary alicyclic amines) is 1. The molecule has 206 valence electrons. The minimum Gasteiger partial charge on any atom is -0.341 e. The summed E-state index contributed by atoms with van der Waals surface area (Å²) in [5.74, 6) is 0.716. The van der Waals surface area contributed by atoms with E-state index in [1.165, 1.54) is 18.2 Å². The lowest BCUT2D eigenvalue weighted by Gasteiger charge is -2.38. The average Bonchev–Trinajstić information content (AvgIpc) is 2.83. The molecule has 2 aliphatic heterocycles. The maximum Gasteiger partial charge on any atom is 0.263 e. The molecule has 0 aliphatic carbocycles. The van der Waals surface area contributed by atoms with Gasteiger partial charge in [0.2, 0.25) is 5.91 Å². The number of amides is 2. The Kier molecular flexibility index (Phi) is 9.15. The Balaban J connectivity index is 1.42. The minimum atomic E-state index is -4.13. The van der Waals surface area contributed by atoms with Crippen molar-refractivity contribution in [3.05, 3.63) is 57.0 Å². The highest BCUT2D eigenvalue weighted by Gasteiger charge is 2.30. The van der Waals surface area contributed by atoms with E-state index in [1.807, 2.05) is 9.80 Å². The third-order valence-corrected chi connectivity index (χ3v) is 9.25. The fourth-order valence-corrected chi connectivity index (χ4v) is 7.19. The first kappa shape index (κ1) is 29.0. The van der Waals surface area contributed by atoms with E-state index in [9.17, 15) is 18.0 Å². The van der Waals surface area contributed by atoms with E-state index < -0.39 is 15.9 Å². The fraction of sp³-hybridized carbons (Fsp3) is 0.462. The van der Waals surface area contributed by atoms with Crippen LogP contribution in [0.25, 0.3) is 0 Å². The summed E-state index contributed by atoms with van der Waals surface area (Å²) in [6, 6.07) is 8.71. The first-order chi connectivity index (χ1) is 17.9. The van der Waals surface area contributed by atoms with Crippen molar-refractivity contribution in [3.63, 3.8) is 0 Å². The number of hydrogen-bond donors (Lipinski definition) is 1. The Labute approximate surface area is 238 Å². The van der Waals surface area contributed by atoms with Crippen molar-refractivity contribution in [2.45, 2.75) is 25.2 Å². The van der Waals surface area contributed by atoms with Gasteiger partial charge in [-0.1, -0.05) is 54.7 Å². The summed E-state index contributed by atoms with van der Waals surface area (Å²) < 4.78 is 28.6. The molecule has 0 bridgehead atoms. The molecule has 2 atom stereocenters. The van der Waals surface area contributed by atoms with Crippen LogP contribution in [0.1, 0.15) is 30.6 Å². The van der Waals surface area contributed by atoms with Gasteiger partial charge in [-0.3, -0.25) is 19.2 Å². The number of piperidine rings is 1. The summed E-state index contributed by atoms with van der Waals surface area (Å²) in [4.78, 5) is 31.5. The van der Waals surface area contributed by atoms with Crippen LogP contribution < -0.4 is 4.72 Å². The van der Waals surface area contributed by atoms with Crippen LogP contribution in [0, 0.1) is 11.8 Å². The average molecular weight is 602 g/mol. The molecule has 2 heterocycles. The van der Waals surface area contributed by atoms with E-state index >= 15 is 0 Å². The first-order valence-electron chi connectivity index (χ1n) is 12.5. The van der Waals surface area contributed by atoms with Crippen molar-refractivity contribution in [1.29, 1.82) is 0 Å². The van der Waals surface area contributed by atoms with Gasteiger partial charge < -0.3 is 9.80 Å². The molecule has 4 rings (SSSR count). The van der Waals surface area contributed by atoms with Crippen molar-refractivity contribution < 1.29 is 18.0 Å². The quantitative estimate of drug-likeness (QED) is 0.518. The summed E-state index contributed by atoms with van der Waals surface area (Å²) in [6.45, 7) is 8.08. The Bertz CT molecular complexity index is 1310. The lowest BCUT2D eigenvalue weighted by Crippen LogP contribution is -2.53. The molecule has 2 aromatic carbocycles. The summed E-state index contributed by atoms with van der Waals surface area (Å²) in [7, 11) is -4.13. The van der Waals surface area contributed by atoms with Gasteiger partial charge in [0.05, 0.1) is 27.8 Å². The second kappa shape index (κ2) is 12.0. The SMILES string of the molecule is CC1CC(C)CN(C(=O)CN2CCN(C(=O)c3cc(S(=O)(=O)Nc4cccc(Cl)c4)c(Cl)cc3Cl)CC2)C1. The predicted molar refractivity (Wildman–Crippen MR) is 151 cm³/mol. The zero-order chi connectivity index (χ0) is 27.6. The van der Waals surface area contributed by atoms with Gasteiger partial charge in [0, 0.05) is 44.3 Å². The van der Waals surface area contributed by atoms with Gasteiger partial charge in [0.15, 0.2) is 0 Å². The third-order valence-electron chi connectivity index (χ3n) is 6.86. The van der Waals surface area contributed by atoms with Gasteiger partial charge in [0.25, 0.3) is 15.9 Å². The summed E-state index contributed by atoms with van der Waals surface area (Å²) in [5.41, 5.74) is 0.305. The second-order valence-electron chi connectivity index (χ2n) is 10.2. The van der Waals surface area contributed by atoms with Gasteiger partial charge in [-0.25, -0.2) is 8.42 Å². The Hall–Kier alpha value is -2.04. The topological polar surface area (TPSA) is 90.0 Å². The molecular formula is C26H31Cl3N4O4S. The molecule has 2 saturated heterocycles. The molecular weight excluding hydrogens is 571 g/mol. The predicted octanol–water partition coefficient (Wildman–Crippen LogP) is 4.71. The van der Waals surface area contributed by atoms with Crippen molar-refractivity contribution in [2.75, 3.05) is 50.5 Å². The van der Waals surface area contributed by atoms with Crippen molar-refractivity contribution in [1.82, 2.24) is 14.7 Å². The Morgan fingerprint density at radius 3 is 2.21 bits per heavy atom. The lowest BCUT2D eigenvalue weighted by atomic mass is 9.92. The van der Waals surface area contributed by atoms with Crippen LogP contribution >= 0.6 is 34.8 Å². The largest absolute Gasteiger partial charge is 0.341 e. The number of halogens is 3. The molecule has 38 heavy (non-hydrogen) atoms. The molecule has 2 aromatic rings. The maximum absolute atomic E-state index is 13.3. The molecule has 0 saturated carbocycles. The van der Waals surface area contributed by atoms with E-state index in [4.69, 9.17) is 34.8 Å². The van der Waals surface area contributed by atoms with E-state index in [0.29, 0.717) is 49.6 Å². The number of carbonyl (C=O) groups excluding carboxylic acids is 2. The molecule has 2 fully saturated rings.